The molecule has 0 bridgehead atoms. The second-order valence-corrected chi connectivity index (χ2v) is 4.69. The Morgan fingerprint density at radius 2 is 2.09 bits per heavy atom. The molecule has 0 fully saturated rings. The number of non-ortho nitro benzene ring substituents is 1. The minimum atomic E-state index is -0.728. The summed E-state index contributed by atoms with van der Waals surface area (Å²) in [5.41, 5.74) is 0.346. The van der Waals surface area contributed by atoms with Crippen LogP contribution in [0.1, 0.15) is 10.4 Å². The van der Waals surface area contributed by atoms with E-state index in [1.807, 2.05) is 0 Å². The van der Waals surface area contributed by atoms with Gasteiger partial charge in [-0.25, -0.2) is 4.79 Å². The lowest BCUT2D eigenvalue weighted by molar-refractivity contribution is -0.384. The Labute approximate surface area is 129 Å². The van der Waals surface area contributed by atoms with Crippen LogP contribution in [0.15, 0.2) is 42.5 Å². The molecule has 1 N–H and O–H groups in total. The number of hydrogen-bond acceptors (Lipinski definition) is 6. The number of nitrogens with one attached hydrogen (secondary N) is 1. The summed E-state index contributed by atoms with van der Waals surface area (Å²) in [5, 5.41) is 13.3. The van der Waals surface area contributed by atoms with Crippen LogP contribution in [0.2, 0.25) is 0 Å². The highest BCUT2D eigenvalue weighted by molar-refractivity contribution is 5.96. The van der Waals surface area contributed by atoms with E-state index in [4.69, 9.17) is 9.47 Å². The number of rotatable bonds is 3. The highest BCUT2D eigenvalue weighted by atomic mass is 16.6. The third kappa shape index (κ3) is 3.10. The molecule has 0 aliphatic carbocycles. The van der Waals surface area contributed by atoms with E-state index in [1.54, 1.807) is 6.07 Å². The minimum Gasteiger partial charge on any atom is -0.481 e. The van der Waals surface area contributed by atoms with Gasteiger partial charge in [0.2, 0.25) is 0 Å². The molecule has 3 rings (SSSR count). The number of nitro groups is 1. The average molecular weight is 314 g/mol. The maximum absolute atomic E-state index is 12.1. The van der Waals surface area contributed by atoms with Gasteiger partial charge in [0.1, 0.15) is 11.5 Å². The third-order valence-corrected chi connectivity index (χ3v) is 3.09. The standard InChI is InChI=1S/C15H10N2O6/c18-14-8-22-13-7-11(4-5-12(13)16-14)23-15(19)9-2-1-3-10(6-9)17(20)21/h1-7H,8H2,(H,16,18). The first kappa shape index (κ1) is 14.5. The van der Waals surface area contributed by atoms with E-state index >= 15 is 0 Å². The summed E-state index contributed by atoms with van der Waals surface area (Å²) in [6.07, 6.45) is 0. The molecule has 0 saturated carbocycles. The second-order valence-electron chi connectivity index (χ2n) is 4.69. The largest absolute Gasteiger partial charge is 0.481 e. The van der Waals surface area contributed by atoms with Gasteiger partial charge in [-0.2, -0.15) is 0 Å². The number of benzene rings is 2. The fourth-order valence-electron chi connectivity index (χ4n) is 2.03. The molecule has 1 aliphatic heterocycles. The van der Waals surface area contributed by atoms with Crippen molar-refractivity contribution in [2.24, 2.45) is 0 Å². The number of fused-ring (bicyclic) bond motifs is 1. The van der Waals surface area contributed by atoms with Crippen molar-refractivity contribution in [3.05, 3.63) is 58.1 Å². The number of anilines is 1. The molecule has 0 atom stereocenters. The van der Waals surface area contributed by atoms with Crippen molar-refractivity contribution < 1.29 is 24.0 Å². The molecule has 0 saturated heterocycles. The van der Waals surface area contributed by atoms with Gasteiger partial charge in [0.05, 0.1) is 16.2 Å². The quantitative estimate of drug-likeness (QED) is 0.402. The summed E-state index contributed by atoms with van der Waals surface area (Å²) >= 11 is 0. The van der Waals surface area contributed by atoms with Crippen LogP contribution in [0.3, 0.4) is 0 Å². The monoisotopic (exact) mass is 314 g/mol. The van der Waals surface area contributed by atoms with E-state index < -0.39 is 10.9 Å². The molecule has 0 aromatic heterocycles. The Balaban J connectivity index is 1.79. The smallest absolute Gasteiger partial charge is 0.343 e. The van der Waals surface area contributed by atoms with Crippen LogP contribution in [0.4, 0.5) is 11.4 Å². The van der Waals surface area contributed by atoms with Crippen LogP contribution in [0.5, 0.6) is 11.5 Å². The molecule has 8 heteroatoms. The van der Waals surface area contributed by atoms with Gasteiger partial charge in [-0.05, 0) is 18.2 Å². The van der Waals surface area contributed by atoms with Crippen LogP contribution in [0, 0.1) is 10.1 Å². The van der Waals surface area contributed by atoms with Crippen LogP contribution < -0.4 is 14.8 Å². The Bertz CT molecular complexity index is 817. The maximum atomic E-state index is 12.1. The third-order valence-electron chi connectivity index (χ3n) is 3.09. The lowest BCUT2D eigenvalue weighted by atomic mass is 10.2. The van der Waals surface area contributed by atoms with Crippen LogP contribution >= 0.6 is 0 Å². The van der Waals surface area contributed by atoms with E-state index in [0.717, 1.165) is 6.07 Å². The Hall–Kier alpha value is -3.42. The number of ether oxygens (including phenoxy) is 2. The zero-order valence-corrected chi connectivity index (χ0v) is 11.6. The Kier molecular flexibility index (Phi) is 3.63. The normalized spacial score (nSPS) is 12.6. The minimum absolute atomic E-state index is 0.0612. The van der Waals surface area contributed by atoms with Crippen molar-refractivity contribution in [2.45, 2.75) is 0 Å². The fourth-order valence-corrected chi connectivity index (χ4v) is 2.03. The molecule has 1 aliphatic rings. The van der Waals surface area contributed by atoms with Crippen molar-refractivity contribution in [3.63, 3.8) is 0 Å². The molecule has 0 radical (unpaired) electrons. The predicted molar refractivity (Wildman–Crippen MR) is 78.6 cm³/mol. The SMILES string of the molecule is O=C1COc2cc(OC(=O)c3cccc([N+](=O)[O-])c3)ccc2N1. The van der Waals surface area contributed by atoms with Crippen molar-refractivity contribution in [1.82, 2.24) is 0 Å². The van der Waals surface area contributed by atoms with E-state index in [1.165, 1.54) is 30.3 Å². The fraction of sp³-hybridized carbons (Fsp3) is 0.0667. The number of hydrogen-bond donors (Lipinski definition) is 1. The van der Waals surface area contributed by atoms with Crippen LogP contribution in [-0.4, -0.2) is 23.4 Å². The van der Waals surface area contributed by atoms with Gasteiger partial charge in [-0.1, -0.05) is 6.07 Å². The molecule has 1 heterocycles. The average Bonchev–Trinajstić information content (AvgIpc) is 2.55. The number of amides is 1. The van der Waals surface area contributed by atoms with Gasteiger partial charge in [-0.15, -0.1) is 0 Å². The van der Waals surface area contributed by atoms with E-state index in [2.05, 4.69) is 5.32 Å². The molecule has 1 amide bonds. The predicted octanol–water partition coefficient (Wildman–Crippen LogP) is 2.14. The summed E-state index contributed by atoms with van der Waals surface area (Å²) in [7, 11) is 0. The van der Waals surface area contributed by atoms with Gasteiger partial charge < -0.3 is 14.8 Å². The zero-order chi connectivity index (χ0) is 16.4. The second kappa shape index (κ2) is 5.76. The molecular weight excluding hydrogens is 304 g/mol. The molecule has 2 aromatic carbocycles. The molecule has 0 unspecified atom stereocenters. The molecular formula is C15H10N2O6. The molecule has 116 valence electrons. The lowest BCUT2D eigenvalue weighted by Gasteiger charge is -2.18. The Morgan fingerprint density at radius 1 is 1.26 bits per heavy atom. The highest BCUT2D eigenvalue weighted by Gasteiger charge is 2.18. The summed E-state index contributed by atoms with van der Waals surface area (Å²) < 4.78 is 10.4. The Morgan fingerprint density at radius 3 is 2.87 bits per heavy atom. The number of carbonyl (C=O) groups excluding carboxylic acids is 2. The molecule has 23 heavy (non-hydrogen) atoms. The zero-order valence-electron chi connectivity index (χ0n) is 11.6. The highest BCUT2D eigenvalue weighted by Crippen LogP contribution is 2.32. The topological polar surface area (TPSA) is 108 Å². The molecule has 0 spiro atoms. The van der Waals surface area contributed by atoms with Crippen molar-refractivity contribution in [2.75, 3.05) is 11.9 Å². The number of nitrogens with zero attached hydrogens (tertiary/aromatic N) is 1. The van der Waals surface area contributed by atoms with Gasteiger partial charge in [0.15, 0.2) is 6.61 Å². The van der Waals surface area contributed by atoms with Gasteiger partial charge in [-0.3, -0.25) is 14.9 Å². The lowest BCUT2D eigenvalue weighted by Crippen LogP contribution is -2.25. The first-order valence-electron chi connectivity index (χ1n) is 6.56. The molecule has 8 nitrogen and oxygen atoms in total. The van der Waals surface area contributed by atoms with Gasteiger partial charge in [0.25, 0.3) is 11.6 Å². The first-order chi connectivity index (χ1) is 11.0. The number of carbonyl (C=O) groups is 2. The van der Waals surface area contributed by atoms with E-state index in [-0.39, 0.29) is 29.5 Å². The van der Waals surface area contributed by atoms with Crippen molar-refractivity contribution in [3.8, 4) is 11.5 Å². The number of nitro benzene ring substituents is 1. The van der Waals surface area contributed by atoms with Gasteiger partial charge in [0, 0.05) is 18.2 Å². The van der Waals surface area contributed by atoms with Gasteiger partial charge >= 0.3 is 5.97 Å². The van der Waals surface area contributed by atoms with Crippen molar-refractivity contribution >= 4 is 23.3 Å². The summed E-state index contributed by atoms with van der Waals surface area (Å²) in [6, 6.07) is 9.74. The van der Waals surface area contributed by atoms with Crippen LogP contribution in [0.25, 0.3) is 0 Å². The first-order valence-corrected chi connectivity index (χ1v) is 6.56. The van der Waals surface area contributed by atoms with E-state index in [0.29, 0.717) is 11.4 Å². The molecule has 2 aromatic rings. The van der Waals surface area contributed by atoms with Crippen molar-refractivity contribution in [1.29, 1.82) is 0 Å². The van der Waals surface area contributed by atoms with Crippen LogP contribution in [-0.2, 0) is 4.79 Å². The number of esters is 1. The van der Waals surface area contributed by atoms with E-state index in [9.17, 15) is 19.7 Å². The summed E-state index contributed by atoms with van der Waals surface area (Å²) in [5.74, 6) is -0.405. The maximum Gasteiger partial charge on any atom is 0.343 e. The summed E-state index contributed by atoms with van der Waals surface area (Å²) in [6.45, 7) is -0.116. The summed E-state index contributed by atoms with van der Waals surface area (Å²) in [4.78, 5) is 33.4.